The van der Waals surface area contributed by atoms with Crippen molar-refractivity contribution in [2.45, 2.75) is 48.4 Å². The molecule has 1 aliphatic heterocycles. The van der Waals surface area contributed by atoms with Gasteiger partial charge in [0.1, 0.15) is 0 Å². The van der Waals surface area contributed by atoms with Crippen molar-refractivity contribution in [2.75, 3.05) is 5.75 Å². The highest BCUT2D eigenvalue weighted by atomic mass is 32.2. The summed E-state index contributed by atoms with van der Waals surface area (Å²) in [5.41, 5.74) is 0. The summed E-state index contributed by atoms with van der Waals surface area (Å²) in [6.45, 7) is 2.29. The average Bonchev–Trinajstić information content (AvgIpc) is 2.75. The van der Waals surface area contributed by atoms with Crippen LogP contribution < -0.4 is 0 Å². The summed E-state index contributed by atoms with van der Waals surface area (Å²) >= 11 is 4.49. The third-order valence-electron chi connectivity index (χ3n) is 2.57. The van der Waals surface area contributed by atoms with Crippen molar-refractivity contribution in [2.24, 2.45) is 0 Å². The third-order valence-corrected chi connectivity index (χ3v) is 6.50. The van der Waals surface area contributed by atoms with E-state index in [1.54, 1.807) is 0 Å². The number of thioether (sulfide) groups is 2. The zero-order valence-corrected chi connectivity index (χ0v) is 8.77. The quantitative estimate of drug-likeness (QED) is 0.622. The first kappa shape index (κ1) is 8.31. The van der Waals surface area contributed by atoms with Gasteiger partial charge in [-0.15, -0.1) is 23.5 Å². The van der Waals surface area contributed by atoms with Gasteiger partial charge in [-0.2, -0.15) is 0 Å². The van der Waals surface area contributed by atoms with Crippen LogP contribution in [0.4, 0.5) is 0 Å². The molecule has 0 bridgehead atoms. The molecular weight excluding hydrogens is 172 g/mol. The Hall–Kier alpha value is 0.700. The molecule has 2 aliphatic rings. The smallest absolute Gasteiger partial charge is 0.0733 e. The lowest BCUT2D eigenvalue weighted by molar-refractivity contribution is 0.549. The second kappa shape index (κ2) is 3.21. The topological polar surface area (TPSA) is 0 Å². The van der Waals surface area contributed by atoms with Gasteiger partial charge in [0, 0.05) is 5.25 Å². The Morgan fingerprint density at radius 2 is 2.45 bits per heavy atom. The van der Waals surface area contributed by atoms with Crippen LogP contribution in [0.5, 0.6) is 0 Å². The molecule has 0 radical (unpaired) electrons. The number of hydrogen-bond donors (Lipinski definition) is 0. The Morgan fingerprint density at radius 1 is 1.55 bits per heavy atom. The number of fused-ring (bicyclic) bond motifs is 1. The molecule has 1 aliphatic carbocycles. The predicted molar refractivity (Wildman–Crippen MR) is 55.3 cm³/mol. The maximum Gasteiger partial charge on any atom is 0.0733 e. The fraction of sp³-hybridized carbons (Fsp3) is 1.00. The standard InChI is InChI=1S/C9H16S2/c1-2-7-10-9-6-4-3-5-8(9)11-9/h8H,2-7H2,1H3. The molecule has 2 fully saturated rings. The minimum absolute atomic E-state index is 0.730. The molecule has 1 saturated carbocycles. The van der Waals surface area contributed by atoms with Crippen LogP contribution in [-0.2, 0) is 0 Å². The van der Waals surface area contributed by atoms with E-state index in [1.807, 2.05) is 0 Å². The van der Waals surface area contributed by atoms with Gasteiger partial charge in [-0.05, 0) is 25.0 Å². The molecule has 2 heteroatoms. The van der Waals surface area contributed by atoms with Gasteiger partial charge in [0.2, 0.25) is 0 Å². The molecule has 2 unspecified atom stereocenters. The van der Waals surface area contributed by atoms with Gasteiger partial charge < -0.3 is 0 Å². The van der Waals surface area contributed by atoms with E-state index in [9.17, 15) is 0 Å². The van der Waals surface area contributed by atoms with E-state index < -0.39 is 0 Å². The summed E-state index contributed by atoms with van der Waals surface area (Å²) in [6, 6.07) is 0. The van der Waals surface area contributed by atoms with E-state index in [4.69, 9.17) is 0 Å². The lowest BCUT2D eigenvalue weighted by Gasteiger charge is -2.18. The second-order valence-electron chi connectivity index (χ2n) is 3.51. The Kier molecular flexibility index (Phi) is 2.43. The Labute approximate surface area is 77.9 Å². The van der Waals surface area contributed by atoms with Crippen molar-refractivity contribution < 1.29 is 0 Å². The van der Waals surface area contributed by atoms with Gasteiger partial charge >= 0.3 is 0 Å². The fourth-order valence-corrected chi connectivity index (χ4v) is 5.29. The Morgan fingerprint density at radius 3 is 3.18 bits per heavy atom. The molecule has 11 heavy (non-hydrogen) atoms. The average molecular weight is 188 g/mol. The highest BCUT2D eigenvalue weighted by molar-refractivity contribution is 8.25. The largest absolute Gasteiger partial charge is 0.143 e. The van der Waals surface area contributed by atoms with E-state index in [2.05, 4.69) is 30.4 Å². The summed E-state index contributed by atoms with van der Waals surface area (Å²) in [5.74, 6) is 1.38. The van der Waals surface area contributed by atoms with Crippen molar-refractivity contribution in [3.05, 3.63) is 0 Å². The number of rotatable bonds is 3. The molecule has 64 valence electrons. The molecular formula is C9H16S2. The minimum atomic E-state index is 0.730. The molecule has 0 aromatic carbocycles. The summed E-state index contributed by atoms with van der Waals surface area (Å²) in [5, 5.41) is 1.05. The van der Waals surface area contributed by atoms with Crippen LogP contribution >= 0.6 is 23.5 Å². The molecule has 0 amide bonds. The van der Waals surface area contributed by atoms with Crippen LogP contribution in [0.3, 0.4) is 0 Å². The van der Waals surface area contributed by atoms with Gasteiger partial charge in [-0.3, -0.25) is 0 Å². The minimum Gasteiger partial charge on any atom is -0.143 e. The predicted octanol–water partition coefficient (Wildman–Crippen LogP) is 3.52. The van der Waals surface area contributed by atoms with E-state index in [1.165, 1.54) is 37.9 Å². The zero-order valence-electron chi connectivity index (χ0n) is 7.14. The van der Waals surface area contributed by atoms with Gasteiger partial charge in [0.25, 0.3) is 0 Å². The Balaban J connectivity index is 1.82. The first-order valence-corrected chi connectivity index (χ1v) is 6.56. The summed E-state index contributed by atoms with van der Waals surface area (Å²) in [7, 11) is 0. The van der Waals surface area contributed by atoms with Crippen LogP contribution in [0.15, 0.2) is 0 Å². The molecule has 0 aromatic rings. The molecule has 2 rings (SSSR count). The molecule has 0 nitrogen and oxygen atoms in total. The maximum atomic E-state index is 2.29. The van der Waals surface area contributed by atoms with E-state index in [0.717, 1.165) is 9.33 Å². The first-order valence-electron chi connectivity index (χ1n) is 4.69. The summed E-state index contributed by atoms with van der Waals surface area (Å²) < 4.78 is 0.730. The van der Waals surface area contributed by atoms with Crippen molar-refractivity contribution in [3.8, 4) is 0 Å². The first-order chi connectivity index (χ1) is 5.37. The van der Waals surface area contributed by atoms with Crippen LogP contribution in [0.1, 0.15) is 39.0 Å². The van der Waals surface area contributed by atoms with Crippen molar-refractivity contribution in [1.29, 1.82) is 0 Å². The Bertz CT molecular complexity index is 146. The summed E-state index contributed by atoms with van der Waals surface area (Å²) in [6.07, 6.45) is 7.32. The van der Waals surface area contributed by atoms with E-state index >= 15 is 0 Å². The molecule has 0 N–H and O–H groups in total. The van der Waals surface area contributed by atoms with Crippen LogP contribution in [0.2, 0.25) is 0 Å². The fourth-order valence-electron chi connectivity index (χ4n) is 1.88. The van der Waals surface area contributed by atoms with Crippen molar-refractivity contribution >= 4 is 23.5 Å². The van der Waals surface area contributed by atoms with Crippen LogP contribution in [0.25, 0.3) is 0 Å². The molecule has 2 atom stereocenters. The van der Waals surface area contributed by atoms with Crippen LogP contribution in [-0.4, -0.2) is 15.1 Å². The zero-order chi connectivity index (χ0) is 7.73. The van der Waals surface area contributed by atoms with E-state index in [0.29, 0.717) is 0 Å². The van der Waals surface area contributed by atoms with Gasteiger partial charge in [0.15, 0.2) is 0 Å². The summed E-state index contributed by atoms with van der Waals surface area (Å²) in [4.78, 5) is 0. The second-order valence-corrected chi connectivity index (χ2v) is 6.73. The molecule has 1 saturated heterocycles. The lowest BCUT2D eigenvalue weighted by atomic mass is 10.0. The van der Waals surface area contributed by atoms with Gasteiger partial charge in [-0.25, -0.2) is 0 Å². The van der Waals surface area contributed by atoms with Crippen molar-refractivity contribution in [3.63, 3.8) is 0 Å². The SMILES string of the molecule is CCCSC12CCCCC1S2. The third kappa shape index (κ3) is 1.57. The monoisotopic (exact) mass is 188 g/mol. The molecule has 1 heterocycles. The highest BCUT2D eigenvalue weighted by Gasteiger charge is 2.56. The van der Waals surface area contributed by atoms with Gasteiger partial charge in [0.05, 0.1) is 4.08 Å². The maximum absolute atomic E-state index is 2.29. The van der Waals surface area contributed by atoms with Crippen molar-refractivity contribution in [1.82, 2.24) is 0 Å². The number of hydrogen-bond acceptors (Lipinski definition) is 2. The van der Waals surface area contributed by atoms with Gasteiger partial charge in [-0.1, -0.05) is 19.8 Å². The van der Waals surface area contributed by atoms with Crippen LogP contribution in [0, 0.1) is 0 Å². The van der Waals surface area contributed by atoms with E-state index in [-0.39, 0.29) is 0 Å². The normalized spacial score (nSPS) is 41.7. The molecule has 0 spiro atoms. The lowest BCUT2D eigenvalue weighted by Crippen LogP contribution is -2.14. The molecule has 0 aromatic heterocycles. The highest BCUT2D eigenvalue weighted by Crippen LogP contribution is 2.67.